The minimum absolute atomic E-state index is 0.0319. The highest BCUT2D eigenvalue weighted by Gasteiger charge is 2.27. The topological polar surface area (TPSA) is 104 Å². The van der Waals surface area contributed by atoms with E-state index in [4.69, 9.17) is 13.7 Å². The first kappa shape index (κ1) is 20.0. The Morgan fingerprint density at radius 1 is 1.07 bits per heavy atom. The van der Waals surface area contributed by atoms with Crippen molar-refractivity contribution in [3.63, 3.8) is 0 Å². The van der Waals surface area contributed by atoms with Gasteiger partial charge in [0.25, 0.3) is 5.91 Å². The van der Waals surface area contributed by atoms with Crippen LogP contribution in [0.4, 0.5) is 5.69 Å². The summed E-state index contributed by atoms with van der Waals surface area (Å²) in [6.45, 7) is -0.198. The molecule has 4 rings (SSSR count). The van der Waals surface area contributed by atoms with E-state index >= 15 is 0 Å². The number of carbonyl (C=O) groups is 1. The van der Waals surface area contributed by atoms with Crippen molar-refractivity contribution in [3.8, 4) is 17.2 Å². The number of hydrogen-bond donors (Lipinski definition) is 1. The molecule has 30 heavy (non-hydrogen) atoms. The fraction of sp³-hybridized carbons (Fsp3) is 0.100. The second-order valence-electron chi connectivity index (χ2n) is 6.13. The number of fused-ring (bicyclic) bond motifs is 1. The lowest BCUT2D eigenvalue weighted by atomic mass is 10.2. The van der Waals surface area contributed by atoms with Gasteiger partial charge in [0.1, 0.15) is 17.2 Å². The number of nitrogens with one attached hydrogen (secondary N) is 1. The van der Waals surface area contributed by atoms with E-state index in [1.165, 1.54) is 31.0 Å². The smallest absolute Gasteiger partial charge is 0.343 e. The molecule has 0 saturated carbocycles. The molecule has 1 aliphatic rings. The largest absolute Gasteiger partial charge is 0.495 e. The molecule has 2 aromatic carbocycles. The number of aromatic nitrogens is 1. The van der Waals surface area contributed by atoms with Gasteiger partial charge in [0, 0.05) is 34.3 Å². The number of hydrogen-bond acceptors (Lipinski definition) is 8. The molecule has 3 aromatic rings. The van der Waals surface area contributed by atoms with E-state index in [-0.39, 0.29) is 34.7 Å². The summed E-state index contributed by atoms with van der Waals surface area (Å²) in [5.74, 6) is 0.0790. The van der Waals surface area contributed by atoms with Gasteiger partial charge in [-0.2, -0.15) is 8.42 Å². The molecule has 2 heterocycles. The van der Waals surface area contributed by atoms with Gasteiger partial charge >= 0.3 is 10.1 Å². The molecule has 0 bridgehead atoms. The lowest BCUT2D eigenvalue weighted by molar-refractivity contribution is -0.118. The van der Waals surface area contributed by atoms with E-state index < -0.39 is 10.1 Å². The van der Waals surface area contributed by atoms with Crippen molar-refractivity contribution in [1.29, 1.82) is 0 Å². The van der Waals surface area contributed by atoms with Gasteiger partial charge in [-0.1, -0.05) is 11.8 Å². The Labute approximate surface area is 177 Å². The third-order valence-electron chi connectivity index (χ3n) is 4.08. The Balaban J connectivity index is 1.56. The zero-order valence-electron chi connectivity index (χ0n) is 15.7. The van der Waals surface area contributed by atoms with E-state index in [9.17, 15) is 13.2 Å². The highest BCUT2D eigenvalue weighted by Crippen LogP contribution is 2.38. The van der Waals surface area contributed by atoms with Gasteiger partial charge in [-0.3, -0.25) is 9.78 Å². The average molecular weight is 444 g/mol. The van der Waals surface area contributed by atoms with Gasteiger partial charge in [-0.15, -0.1) is 0 Å². The van der Waals surface area contributed by atoms with Gasteiger partial charge in [0.05, 0.1) is 12.8 Å². The van der Waals surface area contributed by atoms with Gasteiger partial charge < -0.3 is 19.0 Å². The molecule has 1 aromatic heterocycles. The summed E-state index contributed by atoms with van der Waals surface area (Å²) in [6, 6.07) is 13.1. The Morgan fingerprint density at radius 3 is 2.47 bits per heavy atom. The lowest BCUT2D eigenvalue weighted by Gasteiger charge is -2.20. The fourth-order valence-corrected chi connectivity index (χ4v) is 4.62. The maximum Gasteiger partial charge on any atom is 0.343 e. The van der Waals surface area contributed by atoms with Crippen molar-refractivity contribution in [2.24, 2.45) is 0 Å². The number of anilines is 1. The monoisotopic (exact) mass is 444 g/mol. The number of rotatable bonds is 6. The number of benzene rings is 2. The van der Waals surface area contributed by atoms with E-state index in [1.807, 2.05) is 12.1 Å². The average Bonchev–Trinajstić information content (AvgIpc) is 2.74. The third kappa shape index (κ3) is 4.34. The van der Waals surface area contributed by atoms with E-state index in [0.717, 1.165) is 9.79 Å². The molecule has 1 amide bonds. The Morgan fingerprint density at radius 2 is 1.77 bits per heavy atom. The normalized spacial score (nSPS) is 13.0. The zero-order valence-corrected chi connectivity index (χ0v) is 17.3. The molecule has 0 fully saturated rings. The summed E-state index contributed by atoms with van der Waals surface area (Å²) in [5, 5.41) is 2.60. The summed E-state index contributed by atoms with van der Waals surface area (Å²) in [6.07, 6.45) is 3.40. The van der Waals surface area contributed by atoms with Crippen LogP contribution < -0.4 is 19.0 Å². The second kappa shape index (κ2) is 8.25. The maximum absolute atomic E-state index is 12.9. The molecule has 0 atom stereocenters. The molecular formula is C20H16N2O6S2. The van der Waals surface area contributed by atoms with Gasteiger partial charge in [0.15, 0.2) is 11.5 Å². The minimum atomic E-state index is -4.21. The standard InChI is InChI=1S/C20H16N2O6S2/c1-26-18-10-16-17(27-12-20(23)22-16)11-19(18)30(24,25)28-13-2-4-14(5-3-13)29-15-6-8-21-9-7-15/h2-11H,12H2,1H3,(H,22,23). The Bertz CT molecular complexity index is 1180. The molecular weight excluding hydrogens is 428 g/mol. The minimum Gasteiger partial charge on any atom is -0.495 e. The third-order valence-corrected chi connectivity index (χ3v) is 6.37. The molecule has 0 radical (unpaired) electrons. The van der Waals surface area contributed by atoms with Gasteiger partial charge in [-0.05, 0) is 36.4 Å². The lowest BCUT2D eigenvalue weighted by Crippen LogP contribution is -2.25. The van der Waals surface area contributed by atoms with Crippen molar-refractivity contribution in [3.05, 3.63) is 60.9 Å². The van der Waals surface area contributed by atoms with E-state index in [2.05, 4.69) is 10.3 Å². The molecule has 154 valence electrons. The molecule has 1 N–H and O–H groups in total. The molecule has 8 nitrogen and oxygen atoms in total. The molecule has 10 heteroatoms. The summed E-state index contributed by atoms with van der Waals surface area (Å²) in [4.78, 5) is 17.2. The van der Waals surface area contributed by atoms with Crippen LogP contribution in [0.25, 0.3) is 0 Å². The first-order valence-corrected chi connectivity index (χ1v) is 10.9. The predicted molar refractivity (Wildman–Crippen MR) is 110 cm³/mol. The molecule has 0 unspecified atom stereocenters. The highest BCUT2D eigenvalue weighted by molar-refractivity contribution is 7.99. The number of methoxy groups -OCH3 is 1. The molecule has 0 saturated heterocycles. The first-order valence-electron chi connectivity index (χ1n) is 8.72. The number of carbonyl (C=O) groups excluding carboxylic acids is 1. The van der Waals surface area contributed by atoms with Gasteiger partial charge in [-0.25, -0.2) is 0 Å². The van der Waals surface area contributed by atoms with Crippen LogP contribution in [0.3, 0.4) is 0 Å². The number of pyridine rings is 1. The van der Waals surface area contributed by atoms with Gasteiger partial charge in [0.2, 0.25) is 0 Å². The maximum atomic E-state index is 12.9. The summed E-state index contributed by atoms with van der Waals surface area (Å²) in [5.41, 5.74) is 0.333. The summed E-state index contributed by atoms with van der Waals surface area (Å²) in [7, 11) is -2.88. The molecule has 0 spiro atoms. The van der Waals surface area contributed by atoms with Crippen LogP contribution in [0.5, 0.6) is 17.2 Å². The number of amides is 1. The zero-order chi connectivity index (χ0) is 21.1. The van der Waals surface area contributed by atoms with Crippen molar-refractivity contribution in [2.75, 3.05) is 19.0 Å². The number of ether oxygens (including phenoxy) is 2. The van der Waals surface area contributed by atoms with Crippen LogP contribution in [0.1, 0.15) is 0 Å². The van der Waals surface area contributed by atoms with Crippen molar-refractivity contribution in [2.45, 2.75) is 14.7 Å². The Kier molecular flexibility index (Phi) is 5.51. The SMILES string of the molecule is COc1cc2c(cc1S(=O)(=O)Oc1ccc(Sc3ccncc3)cc1)OCC(=O)N2. The van der Waals surface area contributed by atoms with E-state index in [0.29, 0.717) is 5.69 Å². The predicted octanol–water partition coefficient (Wildman–Crippen LogP) is 3.34. The molecule has 1 aliphatic heterocycles. The van der Waals surface area contributed by atoms with Crippen LogP contribution >= 0.6 is 11.8 Å². The quantitative estimate of drug-likeness (QED) is 0.578. The van der Waals surface area contributed by atoms with Crippen LogP contribution in [-0.2, 0) is 14.9 Å². The van der Waals surface area contributed by atoms with E-state index in [1.54, 1.807) is 36.7 Å². The fourth-order valence-electron chi connectivity index (χ4n) is 2.72. The highest BCUT2D eigenvalue weighted by atomic mass is 32.2. The van der Waals surface area contributed by atoms with Crippen LogP contribution in [0.15, 0.2) is 75.6 Å². The van der Waals surface area contributed by atoms with Crippen molar-refractivity contribution >= 4 is 33.5 Å². The van der Waals surface area contributed by atoms with Crippen LogP contribution in [0.2, 0.25) is 0 Å². The van der Waals surface area contributed by atoms with Crippen LogP contribution in [-0.4, -0.2) is 33.0 Å². The second-order valence-corrected chi connectivity index (χ2v) is 8.79. The number of nitrogens with zero attached hydrogens (tertiary/aromatic N) is 1. The summed E-state index contributed by atoms with van der Waals surface area (Å²) >= 11 is 1.52. The Hall–Kier alpha value is -3.24. The molecule has 0 aliphatic carbocycles. The van der Waals surface area contributed by atoms with Crippen molar-refractivity contribution in [1.82, 2.24) is 4.98 Å². The van der Waals surface area contributed by atoms with Crippen molar-refractivity contribution < 1.29 is 26.9 Å². The van der Waals surface area contributed by atoms with Crippen LogP contribution in [0, 0.1) is 0 Å². The first-order chi connectivity index (χ1) is 14.4. The summed E-state index contributed by atoms with van der Waals surface area (Å²) < 4.78 is 41.5.